The van der Waals surface area contributed by atoms with Gasteiger partial charge in [-0.15, -0.1) is 0 Å². The van der Waals surface area contributed by atoms with Crippen LogP contribution in [0.15, 0.2) is 60.7 Å². The number of piperidine rings is 1. The third-order valence-electron chi connectivity index (χ3n) is 12.2. The van der Waals surface area contributed by atoms with Crippen molar-refractivity contribution in [3.63, 3.8) is 0 Å². The van der Waals surface area contributed by atoms with E-state index in [2.05, 4.69) is 54.2 Å². The van der Waals surface area contributed by atoms with E-state index in [4.69, 9.17) is 21.1 Å². The molecule has 0 radical (unpaired) electrons. The van der Waals surface area contributed by atoms with Gasteiger partial charge in [0.1, 0.15) is 35.8 Å². The van der Waals surface area contributed by atoms with Gasteiger partial charge in [-0.1, -0.05) is 39.3 Å². The van der Waals surface area contributed by atoms with Crippen molar-refractivity contribution in [3.8, 4) is 17.6 Å². The van der Waals surface area contributed by atoms with Gasteiger partial charge in [0.15, 0.2) is 0 Å². The lowest BCUT2D eigenvalue weighted by molar-refractivity contribution is -0.164. The van der Waals surface area contributed by atoms with E-state index in [1.54, 1.807) is 36.4 Å². The van der Waals surface area contributed by atoms with Crippen molar-refractivity contribution in [1.29, 1.82) is 5.26 Å². The molecular weight excluding hydrogens is 736 g/mol. The Balaban J connectivity index is 0.815. The summed E-state index contributed by atoms with van der Waals surface area (Å²) in [7, 11) is 0. The quantitative estimate of drug-likeness (QED) is 0.295. The van der Waals surface area contributed by atoms with Gasteiger partial charge >= 0.3 is 0 Å². The molecule has 290 valence electrons. The van der Waals surface area contributed by atoms with Gasteiger partial charge in [0, 0.05) is 72.8 Å². The summed E-state index contributed by atoms with van der Waals surface area (Å²) in [6.07, 6.45) is 0.899. The predicted octanol–water partition coefficient (Wildman–Crippen LogP) is 4.57. The summed E-state index contributed by atoms with van der Waals surface area (Å²) in [6.45, 7) is 11.5. The molecule has 1 saturated carbocycles. The van der Waals surface area contributed by atoms with Gasteiger partial charge in [0.05, 0.1) is 21.7 Å². The van der Waals surface area contributed by atoms with Crippen LogP contribution in [0.2, 0.25) is 5.02 Å². The lowest BCUT2D eigenvalue weighted by Crippen LogP contribution is -2.74. The molecule has 4 aliphatic heterocycles. The molecule has 1 unspecified atom stereocenters. The molecule has 56 heavy (non-hydrogen) atoms. The number of benzene rings is 3. The zero-order valence-electron chi connectivity index (χ0n) is 31.6. The standard InChI is InChI=1S/C42H43ClN6O7/c1-41(2)39(42(3,4)40(41)56-28-10-7-24(19-44)32(43)18-28)46-35(51)23-5-8-25(9-6-23)47-16-15-26(20-47)48-21-29(22-48)55-27-11-12-30-31(17-27)38(54)49(37(30)53)33-13-14-34(50)45-36(33)52/h5-12,17-18,26,29,33,39-40H,13-16,20-22H2,1-4H3,(H,46,51)(H,45,50,52)/t26-,33?,39?,40?/m1/s1. The monoisotopic (exact) mass is 778 g/mol. The van der Waals surface area contributed by atoms with Crippen LogP contribution in [0.5, 0.6) is 11.5 Å². The Bertz CT molecular complexity index is 2180. The normalized spacial score (nSPS) is 25.5. The number of likely N-dealkylation sites (tertiary alicyclic amines) is 1. The molecule has 3 aromatic carbocycles. The number of halogens is 1. The van der Waals surface area contributed by atoms with Crippen LogP contribution >= 0.6 is 11.6 Å². The Morgan fingerprint density at radius 1 is 0.875 bits per heavy atom. The minimum absolute atomic E-state index is 0.0668. The van der Waals surface area contributed by atoms with Gasteiger partial charge in [-0.05, 0) is 67.4 Å². The van der Waals surface area contributed by atoms with E-state index in [1.165, 1.54) is 0 Å². The van der Waals surface area contributed by atoms with Gasteiger partial charge in [0.2, 0.25) is 11.8 Å². The number of ether oxygens (including phenoxy) is 2. The first-order valence-corrected chi connectivity index (χ1v) is 19.3. The smallest absolute Gasteiger partial charge is 0.262 e. The number of hydrogen-bond donors (Lipinski definition) is 2. The topological polar surface area (TPSA) is 161 Å². The Morgan fingerprint density at radius 2 is 1.55 bits per heavy atom. The van der Waals surface area contributed by atoms with Crippen LogP contribution in [0, 0.1) is 22.2 Å². The first kappa shape index (κ1) is 37.5. The molecule has 8 rings (SSSR count). The van der Waals surface area contributed by atoms with Crippen LogP contribution in [0.4, 0.5) is 5.69 Å². The molecule has 13 nitrogen and oxygen atoms in total. The van der Waals surface area contributed by atoms with Crippen molar-refractivity contribution in [2.24, 2.45) is 10.8 Å². The molecule has 5 aliphatic rings. The minimum atomic E-state index is -1.01. The SMILES string of the molecule is CC1(C)C(NC(=O)c2ccc(N3CC[C@@H](N4CC(Oc5ccc6c(c5)C(=O)N(C5CCC(=O)NC5=O)C6=O)C4)C3)cc2)C(C)(C)C1Oc1ccc(C#N)c(Cl)c1. The van der Waals surface area contributed by atoms with Crippen molar-refractivity contribution >= 4 is 46.8 Å². The highest BCUT2D eigenvalue weighted by molar-refractivity contribution is 6.31. The highest BCUT2D eigenvalue weighted by Gasteiger charge is 2.64. The predicted molar refractivity (Wildman–Crippen MR) is 206 cm³/mol. The number of anilines is 1. The molecule has 0 bridgehead atoms. The average molecular weight is 779 g/mol. The fourth-order valence-corrected chi connectivity index (χ4v) is 9.68. The van der Waals surface area contributed by atoms with Gasteiger partial charge < -0.3 is 19.7 Å². The lowest BCUT2D eigenvalue weighted by Gasteiger charge is -2.63. The molecule has 4 fully saturated rings. The van der Waals surface area contributed by atoms with Crippen molar-refractivity contribution in [1.82, 2.24) is 20.4 Å². The molecule has 0 spiro atoms. The number of nitrogens with one attached hydrogen (secondary N) is 2. The largest absolute Gasteiger partial charge is 0.489 e. The average Bonchev–Trinajstić information content (AvgIpc) is 3.73. The highest BCUT2D eigenvalue weighted by atomic mass is 35.5. The number of hydrogen-bond acceptors (Lipinski definition) is 10. The molecule has 0 aromatic heterocycles. The Labute approximate surface area is 329 Å². The van der Waals surface area contributed by atoms with E-state index in [0.29, 0.717) is 33.7 Å². The van der Waals surface area contributed by atoms with Gasteiger partial charge in [-0.2, -0.15) is 5.26 Å². The molecule has 3 saturated heterocycles. The second-order valence-corrected chi connectivity index (χ2v) is 17.0. The number of carbonyl (C=O) groups excluding carboxylic acids is 5. The second-order valence-electron chi connectivity index (χ2n) is 16.6. The Kier molecular flexibility index (Phi) is 9.32. The molecule has 2 atom stereocenters. The first-order valence-electron chi connectivity index (χ1n) is 18.9. The first-order chi connectivity index (χ1) is 26.6. The van der Waals surface area contributed by atoms with E-state index < -0.39 is 29.7 Å². The molecule has 14 heteroatoms. The highest BCUT2D eigenvalue weighted by Crippen LogP contribution is 2.55. The van der Waals surface area contributed by atoms with E-state index in [-0.39, 0.29) is 59.0 Å². The summed E-state index contributed by atoms with van der Waals surface area (Å²) < 4.78 is 12.6. The molecule has 4 heterocycles. The van der Waals surface area contributed by atoms with Crippen molar-refractivity contribution in [2.75, 3.05) is 31.1 Å². The maximum atomic E-state index is 13.5. The van der Waals surface area contributed by atoms with Crippen molar-refractivity contribution in [3.05, 3.63) is 87.9 Å². The van der Waals surface area contributed by atoms with Crippen molar-refractivity contribution in [2.45, 2.75) is 77.3 Å². The van der Waals surface area contributed by atoms with Crippen LogP contribution in [-0.4, -0.2) is 95.8 Å². The van der Waals surface area contributed by atoms with Gasteiger partial charge in [-0.3, -0.25) is 39.1 Å². The number of fused-ring (bicyclic) bond motifs is 1. The maximum Gasteiger partial charge on any atom is 0.262 e. The second kappa shape index (κ2) is 13.9. The van der Waals surface area contributed by atoms with Gasteiger partial charge in [0.25, 0.3) is 17.7 Å². The van der Waals surface area contributed by atoms with Crippen LogP contribution < -0.4 is 25.0 Å². The van der Waals surface area contributed by atoms with Crippen LogP contribution in [0.25, 0.3) is 0 Å². The van der Waals surface area contributed by atoms with Crippen LogP contribution in [0.1, 0.15) is 83.6 Å². The number of imide groups is 2. The number of amides is 5. The van der Waals surface area contributed by atoms with E-state index in [0.717, 1.165) is 43.2 Å². The van der Waals surface area contributed by atoms with E-state index >= 15 is 0 Å². The molecule has 5 amide bonds. The maximum absolute atomic E-state index is 13.5. The minimum Gasteiger partial charge on any atom is -0.489 e. The van der Waals surface area contributed by atoms with E-state index in [9.17, 15) is 29.2 Å². The number of rotatable bonds is 9. The number of nitriles is 1. The molecule has 1 aliphatic carbocycles. The summed E-state index contributed by atoms with van der Waals surface area (Å²) in [6, 6.07) is 18.9. The fraction of sp³-hybridized carbons (Fsp3) is 0.429. The number of nitrogens with zero attached hydrogens (tertiary/aromatic N) is 4. The molecule has 3 aromatic rings. The number of carbonyl (C=O) groups is 5. The summed E-state index contributed by atoms with van der Waals surface area (Å²) in [4.78, 5) is 69.3. The summed E-state index contributed by atoms with van der Waals surface area (Å²) in [5.74, 6) is -1.22. The van der Waals surface area contributed by atoms with Gasteiger partial charge in [-0.25, -0.2) is 0 Å². The fourth-order valence-electron chi connectivity index (χ4n) is 9.47. The third kappa shape index (κ3) is 6.44. The molecule has 2 N–H and O–H groups in total. The summed E-state index contributed by atoms with van der Waals surface area (Å²) in [5, 5.41) is 15.0. The third-order valence-corrected chi connectivity index (χ3v) is 12.5. The van der Waals surface area contributed by atoms with E-state index in [1.807, 2.05) is 24.3 Å². The Hall–Kier alpha value is -5.45. The molecular formula is C42H43ClN6O7. The van der Waals surface area contributed by atoms with Crippen LogP contribution in [0.3, 0.4) is 0 Å². The lowest BCUT2D eigenvalue weighted by atomic mass is 9.49. The zero-order valence-corrected chi connectivity index (χ0v) is 32.4. The summed E-state index contributed by atoms with van der Waals surface area (Å²) in [5.41, 5.74) is 1.72. The Morgan fingerprint density at radius 3 is 2.23 bits per heavy atom. The summed E-state index contributed by atoms with van der Waals surface area (Å²) >= 11 is 6.24. The zero-order chi connectivity index (χ0) is 39.7. The van der Waals surface area contributed by atoms with Crippen molar-refractivity contribution < 1.29 is 33.4 Å². The van der Waals surface area contributed by atoms with Crippen LogP contribution in [-0.2, 0) is 9.59 Å².